The standard InChI is InChI=1S/C20H22N2O2/c1-3-5-11-23-19-15-9-7-8-10-16(15)20(24-12-6-4-2)18(14-22)17(19)13-21/h7-10H,3-6,11-12H2,1-2H3. The van der Waals surface area contributed by atoms with E-state index in [-0.39, 0.29) is 11.1 Å². The number of hydrogen-bond donors (Lipinski definition) is 0. The Kier molecular flexibility index (Phi) is 6.46. The van der Waals surface area contributed by atoms with Gasteiger partial charge in [-0.2, -0.15) is 10.5 Å². The second-order valence-electron chi connectivity index (χ2n) is 5.58. The molecule has 0 bridgehead atoms. The molecular formula is C20H22N2O2. The van der Waals surface area contributed by atoms with Crippen molar-refractivity contribution in [3.8, 4) is 23.6 Å². The third-order valence-electron chi connectivity index (χ3n) is 3.83. The molecule has 2 rings (SSSR count). The van der Waals surface area contributed by atoms with E-state index < -0.39 is 0 Å². The Morgan fingerprint density at radius 2 is 1.21 bits per heavy atom. The van der Waals surface area contributed by atoms with Crippen molar-refractivity contribution in [1.82, 2.24) is 0 Å². The minimum absolute atomic E-state index is 0.263. The molecule has 0 N–H and O–H groups in total. The normalized spacial score (nSPS) is 10.2. The third kappa shape index (κ3) is 3.60. The molecule has 4 heteroatoms. The van der Waals surface area contributed by atoms with Crippen molar-refractivity contribution in [2.45, 2.75) is 39.5 Å². The highest BCUT2D eigenvalue weighted by atomic mass is 16.5. The molecule has 0 saturated heterocycles. The van der Waals surface area contributed by atoms with Gasteiger partial charge in [0, 0.05) is 10.8 Å². The fourth-order valence-corrected chi connectivity index (χ4v) is 2.53. The highest BCUT2D eigenvalue weighted by Gasteiger charge is 2.21. The van der Waals surface area contributed by atoms with Crippen LogP contribution in [0, 0.1) is 22.7 Å². The Bertz CT molecular complexity index is 718. The predicted octanol–water partition coefficient (Wildman–Crippen LogP) is 4.94. The first-order chi connectivity index (χ1) is 11.8. The minimum atomic E-state index is 0.263. The number of nitriles is 2. The van der Waals surface area contributed by atoms with Crippen molar-refractivity contribution in [3.63, 3.8) is 0 Å². The smallest absolute Gasteiger partial charge is 0.146 e. The third-order valence-corrected chi connectivity index (χ3v) is 3.83. The first-order valence-corrected chi connectivity index (χ1v) is 8.42. The maximum absolute atomic E-state index is 9.61. The molecule has 0 spiro atoms. The highest BCUT2D eigenvalue weighted by Crippen LogP contribution is 2.40. The van der Waals surface area contributed by atoms with Crippen LogP contribution in [0.1, 0.15) is 50.7 Å². The Morgan fingerprint density at radius 1 is 0.792 bits per heavy atom. The van der Waals surface area contributed by atoms with E-state index in [2.05, 4.69) is 26.0 Å². The molecule has 0 unspecified atom stereocenters. The lowest BCUT2D eigenvalue weighted by atomic mass is 9.99. The molecule has 4 nitrogen and oxygen atoms in total. The lowest BCUT2D eigenvalue weighted by Gasteiger charge is -2.17. The second-order valence-corrected chi connectivity index (χ2v) is 5.58. The fourth-order valence-electron chi connectivity index (χ4n) is 2.53. The summed E-state index contributed by atoms with van der Waals surface area (Å²) < 4.78 is 11.8. The van der Waals surface area contributed by atoms with Gasteiger partial charge in [0.05, 0.1) is 13.2 Å². The summed E-state index contributed by atoms with van der Waals surface area (Å²) in [7, 11) is 0. The molecule has 2 aromatic carbocycles. The molecule has 0 aliphatic carbocycles. The Balaban J connectivity index is 2.63. The van der Waals surface area contributed by atoms with Crippen LogP contribution in [0.2, 0.25) is 0 Å². The maximum Gasteiger partial charge on any atom is 0.146 e. The van der Waals surface area contributed by atoms with Crippen molar-refractivity contribution in [2.75, 3.05) is 13.2 Å². The van der Waals surface area contributed by atoms with Crippen LogP contribution in [0.25, 0.3) is 10.8 Å². The second kappa shape index (κ2) is 8.79. The van der Waals surface area contributed by atoms with Crippen molar-refractivity contribution >= 4 is 10.8 Å². The van der Waals surface area contributed by atoms with Gasteiger partial charge >= 0.3 is 0 Å². The monoisotopic (exact) mass is 322 g/mol. The summed E-state index contributed by atoms with van der Waals surface area (Å²) in [5.74, 6) is 0.974. The Morgan fingerprint density at radius 3 is 1.54 bits per heavy atom. The van der Waals surface area contributed by atoms with Gasteiger partial charge in [0.15, 0.2) is 0 Å². The number of nitrogens with zero attached hydrogens (tertiary/aromatic N) is 2. The summed E-state index contributed by atoms with van der Waals surface area (Å²) >= 11 is 0. The number of benzene rings is 2. The molecule has 0 saturated carbocycles. The van der Waals surface area contributed by atoms with Crippen LogP contribution < -0.4 is 9.47 Å². The maximum atomic E-state index is 9.61. The van der Waals surface area contributed by atoms with E-state index in [1.165, 1.54) is 0 Å². The van der Waals surface area contributed by atoms with E-state index in [0.717, 1.165) is 36.5 Å². The number of rotatable bonds is 8. The summed E-state index contributed by atoms with van der Waals surface area (Å²) in [5, 5.41) is 20.8. The molecule has 0 aliphatic rings. The number of fused-ring (bicyclic) bond motifs is 1. The van der Waals surface area contributed by atoms with E-state index in [1.54, 1.807) is 0 Å². The first-order valence-electron chi connectivity index (χ1n) is 8.42. The Hall–Kier alpha value is -2.72. The van der Waals surface area contributed by atoms with Crippen LogP contribution in [-0.2, 0) is 0 Å². The molecule has 0 fully saturated rings. The van der Waals surface area contributed by atoms with Gasteiger partial charge in [0.1, 0.15) is 34.8 Å². The zero-order valence-corrected chi connectivity index (χ0v) is 14.3. The molecule has 0 heterocycles. The van der Waals surface area contributed by atoms with Crippen LogP contribution in [-0.4, -0.2) is 13.2 Å². The van der Waals surface area contributed by atoms with Crippen LogP contribution in [0.5, 0.6) is 11.5 Å². The summed E-state index contributed by atoms with van der Waals surface area (Å²) in [6.07, 6.45) is 3.80. The van der Waals surface area contributed by atoms with Gasteiger partial charge in [-0.15, -0.1) is 0 Å². The topological polar surface area (TPSA) is 66.0 Å². The zero-order valence-electron chi connectivity index (χ0n) is 14.3. The molecule has 124 valence electrons. The molecular weight excluding hydrogens is 300 g/mol. The summed E-state index contributed by atoms with van der Waals surface area (Å²) in [6, 6.07) is 11.9. The summed E-state index contributed by atoms with van der Waals surface area (Å²) in [5.41, 5.74) is 0.526. The van der Waals surface area contributed by atoms with E-state index in [9.17, 15) is 10.5 Å². The molecule has 2 aromatic rings. The molecule has 0 aliphatic heterocycles. The van der Waals surface area contributed by atoms with E-state index in [4.69, 9.17) is 9.47 Å². The van der Waals surface area contributed by atoms with Crippen LogP contribution in [0.15, 0.2) is 24.3 Å². The van der Waals surface area contributed by atoms with Crippen molar-refractivity contribution < 1.29 is 9.47 Å². The lowest BCUT2D eigenvalue weighted by Crippen LogP contribution is -2.05. The van der Waals surface area contributed by atoms with Gasteiger partial charge in [0.2, 0.25) is 0 Å². The van der Waals surface area contributed by atoms with Gasteiger partial charge < -0.3 is 9.47 Å². The van der Waals surface area contributed by atoms with Gasteiger partial charge in [-0.05, 0) is 12.8 Å². The molecule has 0 aromatic heterocycles. The largest absolute Gasteiger partial charge is 0.491 e. The van der Waals surface area contributed by atoms with Gasteiger partial charge in [-0.25, -0.2) is 0 Å². The minimum Gasteiger partial charge on any atom is -0.491 e. The van der Waals surface area contributed by atoms with Crippen molar-refractivity contribution in [1.29, 1.82) is 10.5 Å². The van der Waals surface area contributed by atoms with Gasteiger partial charge in [-0.3, -0.25) is 0 Å². The predicted molar refractivity (Wildman–Crippen MR) is 94.2 cm³/mol. The quantitative estimate of drug-likeness (QED) is 0.646. The van der Waals surface area contributed by atoms with E-state index in [1.807, 2.05) is 24.3 Å². The SMILES string of the molecule is CCCCOc1c(C#N)c(C#N)c(OCCCC)c2ccccc12. The fraction of sp³-hybridized carbons (Fsp3) is 0.400. The lowest BCUT2D eigenvalue weighted by molar-refractivity contribution is 0.305. The molecule has 0 amide bonds. The average Bonchev–Trinajstić information content (AvgIpc) is 2.62. The number of hydrogen-bond acceptors (Lipinski definition) is 4. The zero-order chi connectivity index (χ0) is 17.4. The number of unbranched alkanes of at least 4 members (excludes halogenated alkanes) is 2. The van der Waals surface area contributed by atoms with Crippen LogP contribution >= 0.6 is 0 Å². The molecule has 0 atom stereocenters. The summed E-state index contributed by atoms with van der Waals surface area (Å²) in [6.45, 7) is 5.21. The molecule has 24 heavy (non-hydrogen) atoms. The Labute approximate surface area is 143 Å². The van der Waals surface area contributed by atoms with E-state index >= 15 is 0 Å². The highest BCUT2D eigenvalue weighted by molar-refractivity contribution is 5.98. The molecule has 0 radical (unpaired) electrons. The van der Waals surface area contributed by atoms with Crippen molar-refractivity contribution in [2.24, 2.45) is 0 Å². The first kappa shape index (κ1) is 17.6. The van der Waals surface area contributed by atoms with Gasteiger partial charge in [-0.1, -0.05) is 51.0 Å². The van der Waals surface area contributed by atoms with Crippen LogP contribution in [0.4, 0.5) is 0 Å². The average molecular weight is 322 g/mol. The summed E-state index contributed by atoms with van der Waals surface area (Å²) in [4.78, 5) is 0. The number of ether oxygens (including phenoxy) is 2. The van der Waals surface area contributed by atoms with Gasteiger partial charge in [0.25, 0.3) is 0 Å². The van der Waals surface area contributed by atoms with E-state index in [0.29, 0.717) is 24.7 Å². The van der Waals surface area contributed by atoms with Crippen LogP contribution in [0.3, 0.4) is 0 Å². The van der Waals surface area contributed by atoms with Crippen molar-refractivity contribution in [3.05, 3.63) is 35.4 Å².